The molecule has 1 unspecified atom stereocenters. The lowest BCUT2D eigenvalue weighted by atomic mass is 10.0. The summed E-state index contributed by atoms with van der Waals surface area (Å²) in [5, 5.41) is 11.6. The first-order valence-electron chi connectivity index (χ1n) is 6.31. The first-order valence-corrected chi connectivity index (χ1v) is 6.31. The van der Waals surface area contributed by atoms with Gasteiger partial charge in [-0.1, -0.05) is 30.3 Å². The van der Waals surface area contributed by atoms with Crippen LogP contribution in [0.4, 0.5) is 4.79 Å². The van der Waals surface area contributed by atoms with Crippen LogP contribution >= 0.6 is 0 Å². The molecule has 0 aliphatic rings. The molecule has 0 heterocycles. The SMILES string of the molecule is CC(C)(C)OC(=O)NC(CC#N)Cc1ccccc1. The number of carbonyl (C=O) groups excluding carboxylic acids is 1. The Labute approximate surface area is 114 Å². The summed E-state index contributed by atoms with van der Waals surface area (Å²) in [7, 11) is 0. The Morgan fingerprint density at radius 1 is 1.37 bits per heavy atom. The van der Waals surface area contributed by atoms with Crippen LogP contribution in [0.5, 0.6) is 0 Å². The second kappa shape index (κ2) is 6.79. The summed E-state index contributed by atoms with van der Waals surface area (Å²) in [6.07, 6.45) is 0.394. The van der Waals surface area contributed by atoms with E-state index in [1.807, 2.05) is 51.1 Å². The number of hydrogen-bond acceptors (Lipinski definition) is 3. The van der Waals surface area contributed by atoms with Gasteiger partial charge >= 0.3 is 6.09 Å². The molecule has 0 aliphatic carbocycles. The van der Waals surface area contributed by atoms with Crippen molar-refractivity contribution in [1.29, 1.82) is 5.26 Å². The summed E-state index contributed by atoms with van der Waals surface area (Å²) in [5.41, 5.74) is 0.549. The van der Waals surface area contributed by atoms with Gasteiger partial charge in [0.1, 0.15) is 5.60 Å². The van der Waals surface area contributed by atoms with Gasteiger partial charge in [0.2, 0.25) is 0 Å². The molecule has 19 heavy (non-hydrogen) atoms. The maximum Gasteiger partial charge on any atom is 0.407 e. The van der Waals surface area contributed by atoms with Crippen molar-refractivity contribution in [3.63, 3.8) is 0 Å². The van der Waals surface area contributed by atoms with Crippen LogP contribution in [0.1, 0.15) is 32.8 Å². The number of ether oxygens (including phenoxy) is 1. The topological polar surface area (TPSA) is 62.1 Å². The predicted octanol–water partition coefficient (Wildman–Crippen LogP) is 3.04. The van der Waals surface area contributed by atoms with E-state index >= 15 is 0 Å². The molecule has 0 bridgehead atoms. The second-order valence-corrected chi connectivity index (χ2v) is 5.40. The number of alkyl carbamates (subject to hydrolysis) is 1. The van der Waals surface area contributed by atoms with E-state index in [9.17, 15) is 4.79 Å². The average Bonchev–Trinajstić information content (AvgIpc) is 2.27. The van der Waals surface area contributed by atoms with Crippen LogP contribution in [0, 0.1) is 11.3 Å². The fraction of sp³-hybridized carbons (Fsp3) is 0.467. The van der Waals surface area contributed by atoms with Crippen molar-refractivity contribution < 1.29 is 9.53 Å². The smallest absolute Gasteiger partial charge is 0.407 e. The number of carbonyl (C=O) groups is 1. The predicted molar refractivity (Wildman–Crippen MR) is 73.5 cm³/mol. The molecular weight excluding hydrogens is 240 g/mol. The molecule has 0 aliphatic heterocycles. The molecule has 0 radical (unpaired) electrons. The highest BCUT2D eigenvalue weighted by Crippen LogP contribution is 2.09. The molecule has 4 heteroatoms. The van der Waals surface area contributed by atoms with Crippen LogP contribution in [0.25, 0.3) is 0 Å². The summed E-state index contributed by atoms with van der Waals surface area (Å²) in [6, 6.07) is 11.6. The fourth-order valence-corrected chi connectivity index (χ4v) is 1.66. The standard InChI is InChI=1S/C15H20N2O2/c1-15(2,3)19-14(18)17-13(9-10-16)11-12-7-5-4-6-8-12/h4-8,13H,9,11H2,1-3H3,(H,17,18). The summed E-state index contributed by atoms with van der Waals surface area (Å²) in [4.78, 5) is 11.7. The molecule has 1 atom stereocenters. The van der Waals surface area contributed by atoms with Gasteiger partial charge in [0, 0.05) is 6.04 Å². The molecule has 1 N–H and O–H groups in total. The largest absolute Gasteiger partial charge is 0.444 e. The van der Waals surface area contributed by atoms with E-state index < -0.39 is 11.7 Å². The van der Waals surface area contributed by atoms with Gasteiger partial charge in [0.15, 0.2) is 0 Å². The van der Waals surface area contributed by atoms with Gasteiger partial charge in [-0.15, -0.1) is 0 Å². The number of rotatable bonds is 4. The van der Waals surface area contributed by atoms with E-state index in [1.54, 1.807) is 0 Å². The van der Waals surface area contributed by atoms with Crippen molar-refractivity contribution in [1.82, 2.24) is 5.32 Å². The Kier molecular flexibility index (Phi) is 5.37. The Hall–Kier alpha value is -2.02. The van der Waals surface area contributed by atoms with Crippen molar-refractivity contribution in [2.45, 2.75) is 45.3 Å². The van der Waals surface area contributed by atoms with Crippen LogP contribution in [0.3, 0.4) is 0 Å². The lowest BCUT2D eigenvalue weighted by Gasteiger charge is -2.22. The number of nitrogens with zero attached hydrogens (tertiary/aromatic N) is 1. The first kappa shape index (κ1) is 15.0. The molecule has 0 fully saturated rings. The van der Waals surface area contributed by atoms with E-state index in [1.165, 1.54) is 0 Å². The Morgan fingerprint density at radius 3 is 2.53 bits per heavy atom. The number of benzene rings is 1. The van der Waals surface area contributed by atoms with Crippen molar-refractivity contribution in [2.75, 3.05) is 0 Å². The maximum atomic E-state index is 11.7. The highest BCUT2D eigenvalue weighted by molar-refractivity contribution is 5.68. The molecule has 4 nitrogen and oxygen atoms in total. The summed E-state index contributed by atoms with van der Waals surface area (Å²) >= 11 is 0. The maximum absolute atomic E-state index is 11.7. The lowest BCUT2D eigenvalue weighted by Crippen LogP contribution is -2.40. The molecule has 1 aromatic rings. The van der Waals surface area contributed by atoms with Gasteiger partial charge in [-0.2, -0.15) is 5.26 Å². The van der Waals surface area contributed by atoms with E-state index in [2.05, 4.69) is 11.4 Å². The van der Waals surface area contributed by atoms with Gasteiger partial charge in [0.25, 0.3) is 0 Å². The average molecular weight is 260 g/mol. The number of nitriles is 1. The van der Waals surface area contributed by atoms with E-state index in [0.29, 0.717) is 6.42 Å². The van der Waals surface area contributed by atoms with Gasteiger partial charge in [-0.25, -0.2) is 4.79 Å². The monoisotopic (exact) mass is 260 g/mol. The molecule has 0 spiro atoms. The third kappa shape index (κ3) is 6.46. The molecular formula is C15H20N2O2. The van der Waals surface area contributed by atoms with Crippen LogP contribution in [-0.4, -0.2) is 17.7 Å². The molecule has 102 valence electrons. The summed E-state index contributed by atoms with van der Waals surface area (Å²) in [6.45, 7) is 5.43. The number of hydrogen-bond donors (Lipinski definition) is 1. The second-order valence-electron chi connectivity index (χ2n) is 5.40. The Bertz CT molecular complexity index is 443. The lowest BCUT2D eigenvalue weighted by molar-refractivity contribution is 0.0505. The van der Waals surface area contributed by atoms with Gasteiger partial charge in [-0.3, -0.25) is 0 Å². The van der Waals surface area contributed by atoms with Crippen LogP contribution in [0.2, 0.25) is 0 Å². The summed E-state index contributed by atoms with van der Waals surface area (Å²) in [5.74, 6) is 0. The molecule has 1 rings (SSSR count). The van der Waals surface area contributed by atoms with Crippen molar-refractivity contribution in [3.05, 3.63) is 35.9 Å². The fourth-order valence-electron chi connectivity index (χ4n) is 1.66. The molecule has 0 aromatic heterocycles. The van der Waals surface area contributed by atoms with Gasteiger partial charge in [-0.05, 0) is 32.8 Å². The third-order valence-corrected chi connectivity index (χ3v) is 2.38. The van der Waals surface area contributed by atoms with E-state index in [-0.39, 0.29) is 12.5 Å². The van der Waals surface area contributed by atoms with E-state index in [4.69, 9.17) is 10.00 Å². The minimum Gasteiger partial charge on any atom is -0.444 e. The van der Waals surface area contributed by atoms with Gasteiger partial charge in [0.05, 0.1) is 12.5 Å². The number of amides is 1. The molecule has 1 amide bonds. The van der Waals surface area contributed by atoms with Gasteiger partial charge < -0.3 is 10.1 Å². The van der Waals surface area contributed by atoms with Crippen LogP contribution < -0.4 is 5.32 Å². The van der Waals surface area contributed by atoms with Crippen molar-refractivity contribution >= 4 is 6.09 Å². The minimum absolute atomic E-state index is 0.234. The van der Waals surface area contributed by atoms with Crippen molar-refractivity contribution in [2.24, 2.45) is 0 Å². The molecule has 0 saturated heterocycles. The summed E-state index contributed by atoms with van der Waals surface area (Å²) < 4.78 is 5.19. The third-order valence-electron chi connectivity index (χ3n) is 2.38. The molecule has 1 aromatic carbocycles. The highest BCUT2D eigenvalue weighted by atomic mass is 16.6. The Balaban J connectivity index is 2.59. The first-order chi connectivity index (χ1) is 8.90. The zero-order valence-electron chi connectivity index (χ0n) is 11.6. The van der Waals surface area contributed by atoms with Crippen LogP contribution in [-0.2, 0) is 11.2 Å². The quantitative estimate of drug-likeness (QED) is 0.905. The minimum atomic E-state index is -0.534. The zero-order chi connectivity index (χ0) is 14.3. The Morgan fingerprint density at radius 2 is 2.00 bits per heavy atom. The van der Waals surface area contributed by atoms with E-state index in [0.717, 1.165) is 5.56 Å². The normalized spacial score (nSPS) is 12.3. The highest BCUT2D eigenvalue weighted by Gasteiger charge is 2.19. The number of nitrogens with one attached hydrogen (secondary N) is 1. The van der Waals surface area contributed by atoms with Crippen LogP contribution in [0.15, 0.2) is 30.3 Å². The van der Waals surface area contributed by atoms with Crippen molar-refractivity contribution in [3.8, 4) is 6.07 Å². The molecule has 0 saturated carbocycles. The zero-order valence-corrected chi connectivity index (χ0v) is 11.6.